The van der Waals surface area contributed by atoms with Crippen molar-refractivity contribution >= 4 is 11.9 Å². The minimum absolute atomic E-state index is 0.0567. The van der Waals surface area contributed by atoms with Gasteiger partial charge < -0.3 is 20.3 Å². The number of carbonyl (C=O) groups is 2. The summed E-state index contributed by atoms with van der Waals surface area (Å²) >= 11 is 0. The summed E-state index contributed by atoms with van der Waals surface area (Å²) in [5, 5.41) is 23.7. The van der Waals surface area contributed by atoms with Gasteiger partial charge >= 0.3 is 5.97 Å². The van der Waals surface area contributed by atoms with E-state index >= 15 is 0 Å². The van der Waals surface area contributed by atoms with Gasteiger partial charge in [0.05, 0.1) is 25.2 Å². The first-order chi connectivity index (χ1) is 29.5. The second-order valence-corrected chi connectivity index (χ2v) is 17.2. The molecule has 3 N–H and O–H groups in total. The zero-order chi connectivity index (χ0) is 43.8. The summed E-state index contributed by atoms with van der Waals surface area (Å²) in [6.07, 6.45) is 58.4. The van der Waals surface area contributed by atoms with Gasteiger partial charge in [-0.05, 0) is 83.5 Å². The van der Waals surface area contributed by atoms with Crippen molar-refractivity contribution in [2.24, 2.45) is 0 Å². The van der Waals surface area contributed by atoms with Crippen molar-refractivity contribution in [2.75, 3.05) is 6.61 Å². The number of rotatable bonds is 45. The highest BCUT2D eigenvalue weighted by Gasteiger charge is 2.24. The van der Waals surface area contributed by atoms with E-state index < -0.39 is 18.2 Å². The molecule has 0 heterocycles. The molecule has 0 aliphatic carbocycles. The molecule has 0 bridgehead atoms. The van der Waals surface area contributed by atoms with E-state index in [9.17, 15) is 19.8 Å². The summed E-state index contributed by atoms with van der Waals surface area (Å²) in [7, 11) is 0. The molecule has 3 atom stereocenters. The number of nitrogens with one attached hydrogen (secondary N) is 1. The smallest absolute Gasteiger partial charge is 0.306 e. The number of hydrogen-bond donors (Lipinski definition) is 3. The highest BCUT2D eigenvalue weighted by molar-refractivity contribution is 5.77. The van der Waals surface area contributed by atoms with Crippen LogP contribution in [-0.2, 0) is 14.3 Å². The van der Waals surface area contributed by atoms with E-state index in [2.05, 4.69) is 86.8 Å². The first-order valence-electron chi connectivity index (χ1n) is 25.5. The molecule has 0 spiro atoms. The summed E-state index contributed by atoms with van der Waals surface area (Å²) < 4.78 is 5.92. The Morgan fingerprint density at radius 2 is 0.950 bits per heavy atom. The largest absolute Gasteiger partial charge is 0.462 e. The van der Waals surface area contributed by atoms with Crippen LogP contribution in [0.25, 0.3) is 0 Å². The van der Waals surface area contributed by atoms with E-state index in [4.69, 9.17) is 4.74 Å². The number of ether oxygens (including phenoxy) is 1. The Bertz CT molecular complexity index is 1080. The van der Waals surface area contributed by atoms with E-state index in [1.807, 2.05) is 0 Å². The Hall–Kier alpha value is -2.44. The number of carbonyl (C=O) groups excluding carboxylic acids is 2. The molecule has 348 valence electrons. The minimum Gasteiger partial charge on any atom is -0.462 e. The van der Waals surface area contributed by atoms with Gasteiger partial charge in [0, 0.05) is 6.42 Å². The van der Waals surface area contributed by atoms with Gasteiger partial charge in [0.15, 0.2) is 0 Å². The lowest BCUT2D eigenvalue weighted by Crippen LogP contribution is -2.46. The third-order valence-electron chi connectivity index (χ3n) is 11.4. The highest BCUT2D eigenvalue weighted by Crippen LogP contribution is 2.17. The molecule has 6 heteroatoms. The van der Waals surface area contributed by atoms with Crippen molar-refractivity contribution in [3.63, 3.8) is 0 Å². The molecule has 0 fully saturated rings. The predicted octanol–water partition coefficient (Wildman–Crippen LogP) is 15.2. The van der Waals surface area contributed by atoms with Crippen molar-refractivity contribution in [3.8, 4) is 0 Å². The number of aliphatic hydroxyl groups is 2. The Morgan fingerprint density at radius 1 is 0.517 bits per heavy atom. The lowest BCUT2D eigenvalue weighted by Gasteiger charge is -2.24. The van der Waals surface area contributed by atoms with E-state index in [1.54, 1.807) is 0 Å². The minimum atomic E-state index is -0.796. The van der Waals surface area contributed by atoms with Crippen molar-refractivity contribution in [1.82, 2.24) is 5.32 Å². The van der Waals surface area contributed by atoms with Crippen LogP contribution < -0.4 is 5.32 Å². The number of esters is 1. The van der Waals surface area contributed by atoms with Crippen molar-refractivity contribution in [1.29, 1.82) is 0 Å². The molecule has 0 saturated heterocycles. The number of allylic oxidation sites excluding steroid dienone is 10. The quantitative estimate of drug-likeness (QED) is 0.0246. The Morgan fingerprint density at radius 3 is 1.50 bits per heavy atom. The molecule has 0 saturated carbocycles. The summed E-state index contributed by atoms with van der Waals surface area (Å²) in [5.41, 5.74) is 0. The second kappa shape index (κ2) is 47.6. The topological polar surface area (TPSA) is 95.9 Å². The molecule has 0 aromatic heterocycles. The van der Waals surface area contributed by atoms with Crippen LogP contribution in [0.2, 0.25) is 0 Å². The molecular formula is C54H97NO5. The molecule has 0 aliphatic rings. The molecule has 0 radical (unpaired) electrons. The molecule has 60 heavy (non-hydrogen) atoms. The fraction of sp³-hybridized carbons (Fsp3) is 0.778. The number of unbranched alkanes of at least 4 members (excludes halogenated alkanes) is 24. The van der Waals surface area contributed by atoms with Crippen molar-refractivity contribution in [2.45, 2.75) is 264 Å². The van der Waals surface area contributed by atoms with Crippen LogP contribution in [0.5, 0.6) is 0 Å². The summed E-state index contributed by atoms with van der Waals surface area (Å²) in [6.45, 7) is 6.33. The second-order valence-electron chi connectivity index (χ2n) is 17.2. The van der Waals surface area contributed by atoms with E-state index in [1.165, 1.54) is 103 Å². The zero-order valence-corrected chi connectivity index (χ0v) is 39.6. The van der Waals surface area contributed by atoms with Gasteiger partial charge in [-0.15, -0.1) is 0 Å². The van der Waals surface area contributed by atoms with Crippen LogP contribution >= 0.6 is 0 Å². The molecule has 0 aromatic rings. The third-order valence-corrected chi connectivity index (χ3v) is 11.4. The van der Waals surface area contributed by atoms with Crippen LogP contribution in [-0.4, -0.2) is 46.9 Å². The molecule has 6 nitrogen and oxygen atoms in total. The van der Waals surface area contributed by atoms with Crippen LogP contribution in [0.3, 0.4) is 0 Å². The summed E-state index contributed by atoms with van der Waals surface area (Å²) in [5.74, 6) is -0.508. The molecule has 0 rings (SSSR count). The number of amides is 1. The molecule has 3 unspecified atom stereocenters. The molecule has 1 amide bonds. The van der Waals surface area contributed by atoms with Gasteiger partial charge in [-0.1, -0.05) is 210 Å². The summed E-state index contributed by atoms with van der Waals surface area (Å²) in [6, 6.07) is -0.712. The van der Waals surface area contributed by atoms with Crippen LogP contribution in [0.15, 0.2) is 60.8 Å². The maximum absolute atomic E-state index is 13.2. The van der Waals surface area contributed by atoms with Crippen LogP contribution in [0.4, 0.5) is 0 Å². The lowest BCUT2D eigenvalue weighted by molar-refractivity contribution is -0.151. The number of hydrogen-bond acceptors (Lipinski definition) is 5. The van der Waals surface area contributed by atoms with Gasteiger partial charge in [0.2, 0.25) is 5.91 Å². The molecule has 0 aromatic carbocycles. The first kappa shape index (κ1) is 57.6. The monoisotopic (exact) mass is 840 g/mol. The van der Waals surface area contributed by atoms with Gasteiger partial charge in [0.1, 0.15) is 6.10 Å². The lowest BCUT2D eigenvalue weighted by atomic mass is 10.0. The van der Waals surface area contributed by atoms with Gasteiger partial charge in [0.25, 0.3) is 0 Å². The predicted molar refractivity (Wildman–Crippen MR) is 259 cm³/mol. The average Bonchev–Trinajstić information content (AvgIpc) is 3.24. The normalized spacial score (nSPS) is 13.8. The highest BCUT2D eigenvalue weighted by atomic mass is 16.5. The van der Waals surface area contributed by atoms with Gasteiger partial charge in [-0.25, -0.2) is 0 Å². The van der Waals surface area contributed by atoms with Crippen molar-refractivity contribution < 1.29 is 24.5 Å². The number of aliphatic hydroxyl groups excluding tert-OH is 2. The molecule has 0 aliphatic heterocycles. The zero-order valence-electron chi connectivity index (χ0n) is 39.6. The third kappa shape index (κ3) is 42.3. The fourth-order valence-corrected chi connectivity index (χ4v) is 7.49. The summed E-state index contributed by atoms with van der Waals surface area (Å²) in [4.78, 5) is 26.1. The van der Waals surface area contributed by atoms with Crippen LogP contribution in [0, 0.1) is 0 Å². The van der Waals surface area contributed by atoms with E-state index in [-0.39, 0.29) is 24.9 Å². The van der Waals surface area contributed by atoms with Gasteiger partial charge in [-0.3, -0.25) is 9.59 Å². The average molecular weight is 840 g/mol. The maximum Gasteiger partial charge on any atom is 0.306 e. The SMILES string of the molecule is CC/C=C/C/C=C/C/C=C/CCCCCCC(CC(=O)NC(CO)C(O)CCCCCCCCCCCCCC)OC(=O)CCCCCCCC/C=C/C=C/CCCCC. The Kier molecular flexibility index (Phi) is 45.7. The van der Waals surface area contributed by atoms with E-state index in [0.717, 1.165) is 96.3 Å². The van der Waals surface area contributed by atoms with Crippen molar-refractivity contribution in [3.05, 3.63) is 60.8 Å². The standard InChI is InChI=1S/C54H97NO5/c1-4-7-10-13-16-19-22-25-27-29-32-35-38-41-44-47-54(59)60-50(45-42-39-36-33-30-28-26-23-20-17-14-11-8-5-2)48-53(58)55-51(49-56)52(57)46-43-40-37-34-31-24-21-18-15-12-9-6-3/h8,11,16-17,19-20,22,25-26,28,50-52,56-57H,4-7,9-10,12-15,18,21,23-24,27,29-49H2,1-3H3,(H,55,58)/b11-8+,19-16+,20-17+,25-22+,28-26+. The first-order valence-corrected chi connectivity index (χ1v) is 25.5. The Balaban J connectivity index is 4.64. The van der Waals surface area contributed by atoms with E-state index in [0.29, 0.717) is 19.3 Å². The molecular weight excluding hydrogens is 743 g/mol. The van der Waals surface area contributed by atoms with Gasteiger partial charge in [-0.2, -0.15) is 0 Å². The fourth-order valence-electron chi connectivity index (χ4n) is 7.49. The van der Waals surface area contributed by atoms with Crippen LogP contribution in [0.1, 0.15) is 245 Å². The Labute approximate surface area is 371 Å². The maximum atomic E-state index is 13.2.